The molecule has 1 amide bonds. The zero-order chi connectivity index (χ0) is 27.1. The molecule has 2 unspecified atom stereocenters. The third-order valence-corrected chi connectivity index (χ3v) is 8.13. The predicted octanol–water partition coefficient (Wildman–Crippen LogP) is 4.95. The molecule has 7 nitrogen and oxygen atoms in total. The Morgan fingerprint density at radius 1 is 1.03 bits per heavy atom. The third kappa shape index (κ3) is 5.67. The normalized spacial score (nSPS) is 21.5. The van der Waals surface area contributed by atoms with Crippen molar-refractivity contribution in [3.05, 3.63) is 65.5 Å². The molecule has 5 rings (SSSR count). The van der Waals surface area contributed by atoms with E-state index in [9.17, 15) is 4.79 Å². The molecule has 4 bridgehead atoms. The quantitative estimate of drug-likeness (QED) is 0.343. The fraction of sp³-hybridized carbons (Fsp3) is 0.448. The molecule has 0 aromatic carbocycles. The van der Waals surface area contributed by atoms with Crippen LogP contribution in [0.5, 0.6) is 0 Å². The molecule has 0 aliphatic carbocycles. The lowest BCUT2D eigenvalue weighted by Crippen LogP contribution is -2.40. The lowest BCUT2D eigenvalue weighted by molar-refractivity contribution is 0.0984. The van der Waals surface area contributed by atoms with Gasteiger partial charge in [-0.05, 0) is 75.0 Å². The lowest BCUT2D eigenvalue weighted by atomic mass is 9.90. The van der Waals surface area contributed by atoms with Gasteiger partial charge in [0.15, 0.2) is 0 Å². The Balaban J connectivity index is 1.56. The number of nitrogens with one attached hydrogen (secondary N) is 2. The van der Waals surface area contributed by atoms with Gasteiger partial charge in [-0.15, -0.1) is 0 Å². The van der Waals surface area contributed by atoms with E-state index in [1.54, 1.807) is 0 Å². The molecular weight excluding hydrogens is 491 g/mol. The van der Waals surface area contributed by atoms with Gasteiger partial charge in [0.05, 0.1) is 17.3 Å². The zero-order valence-corrected chi connectivity index (χ0v) is 23.6. The van der Waals surface area contributed by atoms with Crippen molar-refractivity contribution in [1.82, 2.24) is 19.7 Å². The molecule has 0 spiro atoms. The maximum atomic E-state index is 13.5. The van der Waals surface area contributed by atoms with Crippen molar-refractivity contribution in [2.75, 3.05) is 16.8 Å². The van der Waals surface area contributed by atoms with Crippen molar-refractivity contribution < 1.29 is 4.79 Å². The summed E-state index contributed by atoms with van der Waals surface area (Å²) in [5.41, 5.74) is 2.70. The molecular formula is C29H35BN6OS. The lowest BCUT2D eigenvalue weighted by Gasteiger charge is -2.34. The largest absolute Gasteiger partial charge is 0.362 e. The number of fused-ring (bicyclic) bond motifs is 6. The second-order valence-corrected chi connectivity index (χ2v) is 12.8. The maximum absolute atomic E-state index is 13.5. The molecule has 2 atom stereocenters. The van der Waals surface area contributed by atoms with E-state index in [-0.39, 0.29) is 22.9 Å². The minimum Gasteiger partial charge on any atom is -0.362 e. The van der Waals surface area contributed by atoms with Crippen LogP contribution in [-0.4, -0.2) is 40.8 Å². The average Bonchev–Trinajstić information content (AvgIpc) is 3.17. The van der Waals surface area contributed by atoms with Crippen LogP contribution in [0.1, 0.15) is 81.7 Å². The summed E-state index contributed by atoms with van der Waals surface area (Å²) in [6.45, 7) is 11.8. The monoisotopic (exact) mass is 526 g/mol. The maximum Gasteiger partial charge on any atom is 0.265 e. The van der Waals surface area contributed by atoms with Crippen LogP contribution in [-0.2, 0) is 5.41 Å². The number of nitrogens with zero attached hydrogens (tertiary/aromatic N) is 4. The van der Waals surface area contributed by atoms with Crippen molar-refractivity contribution in [1.29, 1.82) is 0 Å². The van der Waals surface area contributed by atoms with Crippen LogP contribution in [0, 0.1) is 5.92 Å². The van der Waals surface area contributed by atoms with Crippen molar-refractivity contribution in [3.63, 3.8) is 0 Å². The van der Waals surface area contributed by atoms with Crippen LogP contribution in [0.2, 0.25) is 0 Å². The molecule has 38 heavy (non-hydrogen) atoms. The van der Waals surface area contributed by atoms with Gasteiger partial charge in [0.1, 0.15) is 24.5 Å². The number of amides is 1. The molecule has 196 valence electrons. The van der Waals surface area contributed by atoms with E-state index in [0.717, 1.165) is 48.8 Å². The summed E-state index contributed by atoms with van der Waals surface area (Å²) in [6, 6.07) is 15.4. The number of aromatic nitrogens is 3. The summed E-state index contributed by atoms with van der Waals surface area (Å²) in [6.07, 6.45) is 2.88. The topological polar surface area (TPSA) is 83.0 Å². The van der Waals surface area contributed by atoms with Crippen LogP contribution in [0.25, 0.3) is 0 Å². The fourth-order valence-corrected chi connectivity index (χ4v) is 6.04. The van der Waals surface area contributed by atoms with Gasteiger partial charge < -0.3 is 10.2 Å². The predicted molar refractivity (Wildman–Crippen MR) is 155 cm³/mol. The minimum atomic E-state index is -0.172. The Hall–Kier alpha value is -3.07. The number of anilines is 2. The summed E-state index contributed by atoms with van der Waals surface area (Å²) in [5.74, 6) is 1.75. The highest BCUT2D eigenvalue weighted by atomic mass is 32.2. The Morgan fingerprint density at radius 2 is 1.82 bits per heavy atom. The van der Waals surface area contributed by atoms with E-state index in [1.165, 1.54) is 11.9 Å². The minimum absolute atomic E-state index is 0.0407. The highest BCUT2D eigenvalue weighted by Gasteiger charge is 2.41. The highest BCUT2D eigenvalue weighted by molar-refractivity contribution is 7.97. The molecule has 9 heteroatoms. The van der Waals surface area contributed by atoms with Crippen molar-refractivity contribution in [2.24, 2.45) is 5.92 Å². The Bertz CT molecular complexity index is 1340. The van der Waals surface area contributed by atoms with Crippen molar-refractivity contribution >= 4 is 42.9 Å². The van der Waals surface area contributed by atoms with Gasteiger partial charge in [-0.25, -0.2) is 9.97 Å². The van der Waals surface area contributed by atoms with E-state index in [1.807, 2.05) is 48.5 Å². The summed E-state index contributed by atoms with van der Waals surface area (Å²) < 4.78 is 3.00. The number of rotatable bonds is 1. The van der Waals surface area contributed by atoms with Crippen LogP contribution < -0.4 is 20.5 Å². The second-order valence-electron chi connectivity index (χ2n) is 12.0. The number of hydrogen-bond donors (Lipinski definition) is 2. The van der Waals surface area contributed by atoms with Crippen molar-refractivity contribution in [2.45, 2.75) is 75.9 Å². The molecule has 3 aromatic rings. The number of carbonyl (C=O) groups excluding carboxylic acids is 1. The van der Waals surface area contributed by atoms with Gasteiger partial charge in [-0.2, -0.15) is 0 Å². The molecule has 2 aliphatic heterocycles. The highest BCUT2D eigenvalue weighted by Crippen LogP contribution is 2.41. The molecule has 0 saturated carbocycles. The smallest absolute Gasteiger partial charge is 0.265 e. The van der Waals surface area contributed by atoms with E-state index >= 15 is 0 Å². The summed E-state index contributed by atoms with van der Waals surface area (Å²) in [5, 5.41) is 4.28. The first-order valence-corrected chi connectivity index (χ1v) is 14.0. The van der Waals surface area contributed by atoms with Gasteiger partial charge in [0, 0.05) is 35.1 Å². The average molecular weight is 527 g/mol. The van der Waals surface area contributed by atoms with E-state index in [0.29, 0.717) is 22.1 Å². The summed E-state index contributed by atoms with van der Waals surface area (Å²) in [4.78, 5) is 30.3. The number of hydrogen-bond acceptors (Lipinski definition) is 7. The van der Waals surface area contributed by atoms with E-state index in [2.05, 4.69) is 54.5 Å². The standard InChI is InChI=1S/C29H35BN6OS/c1-28(2,3)22-15-13-19-26(33-22)36-17-18(16-29(36,4)5)12-14-21(20-8-6-9-23(30)31-20)32-24-10-7-11-25(34-24)38-35-27(19)37/h6-11,13,15,18,21H,12,14,16-17H2,1-5H3,(H,32,34)(H,35,37). The van der Waals surface area contributed by atoms with Gasteiger partial charge in [0.2, 0.25) is 0 Å². The van der Waals surface area contributed by atoms with Crippen molar-refractivity contribution in [3.8, 4) is 0 Å². The fourth-order valence-electron chi connectivity index (χ4n) is 5.45. The zero-order valence-electron chi connectivity index (χ0n) is 22.8. The van der Waals surface area contributed by atoms with Crippen LogP contribution in [0.15, 0.2) is 53.6 Å². The van der Waals surface area contributed by atoms with Crippen LogP contribution in [0.3, 0.4) is 0 Å². The van der Waals surface area contributed by atoms with Crippen LogP contribution >= 0.6 is 11.9 Å². The molecule has 2 radical (unpaired) electrons. The van der Waals surface area contributed by atoms with E-state index < -0.39 is 0 Å². The molecule has 1 fully saturated rings. The Labute approximate surface area is 231 Å². The molecule has 1 saturated heterocycles. The Kier molecular flexibility index (Phi) is 7.16. The number of carbonyl (C=O) groups is 1. The first kappa shape index (κ1) is 26.5. The first-order chi connectivity index (χ1) is 18.0. The Morgan fingerprint density at radius 3 is 2.58 bits per heavy atom. The third-order valence-electron chi connectivity index (χ3n) is 7.41. The molecule has 2 aliphatic rings. The summed E-state index contributed by atoms with van der Waals surface area (Å²) >= 11 is 1.21. The second kappa shape index (κ2) is 10.2. The van der Waals surface area contributed by atoms with Crippen LogP contribution in [0.4, 0.5) is 11.6 Å². The summed E-state index contributed by atoms with van der Waals surface area (Å²) in [7, 11) is 6.04. The van der Waals surface area contributed by atoms with Gasteiger partial charge in [-0.1, -0.05) is 39.0 Å². The SMILES string of the molecule is [B]c1cccc(C2CCC3CN(c4nc(C(C)(C)C)ccc4C(=O)NSc4cccc(n4)N2)C(C)(C)C3)n1. The molecule has 5 heterocycles. The van der Waals surface area contributed by atoms with Gasteiger partial charge in [-0.3, -0.25) is 14.5 Å². The van der Waals surface area contributed by atoms with Gasteiger partial charge >= 0.3 is 0 Å². The van der Waals surface area contributed by atoms with E-state index in [4.69, 9.17) is 17.8 Å². The number of pyridine rings is 3. The van der Waals surface area contributed by atoms with Gasteiger partial charge in [0.25, 0.3) is 5.91 Å². The first-order valence-electron chi connectivity index (χ1n) is 13.2. The molecule has 3 aromatic heterocycles. The molecule has 2 N–H and O–H groups in total.